The summed E-state index contributed by atoms with van der Waals surface area (Å²) in [6.07, 6.45) is 4.91. The Bertz CT molecular complexity index is 542. The highest BCUT2D eigenvalue weighted by molar-refractivity contribution is 5.55. The molecule has 4 nitrogen and oxygen atoms in total. The van der Waals surface area contributed by atoms with Crippen LogP contribution in [0.15, 0.2) is 42.7 Å². The van der Waals surface area contributed by atoms with Crippen LogP contribution in [-0.4, -0.2) is 40.5 Å². The smallest absolute Gasteiger partial charge is 0.159 e. The normalized spacial score (nSPS) is 22.9. The standard InChI is InChI=1S/C16H20N4/c1-12-8-14(11-20(12)2)19-15-9-17-16(18-10-15)13-6-4-3-5-7-13/h3-7,9-10,12,14,19H,8,11H2,1-2H3. The third-order valence-electron chi connectivity index (χ3n) is 3.94. The molecule has 1 aliphatic heterocycles. The fourth-order valence-corrected chi connectivity index (χ4v) is 2.67. The van der Waals surface area contributed by atoms with E-state index < -0.39 is 0 Å². The second-order valence-corrected chi connectivity index (χ2v) is 5.53. The Kier molecular flexibility index (Phi) is 3.65. The molecule has 1 fully saturated rings. The first-order valence-corrected chi connectivity index (χ1v) is 7.06. The molecule has 20 heavy (non-hydrogen) atoms. The van der Waals surface area contributed by atoms with Crippen LogP contribution in [0.1, 0.15) is 13.3 Å². The highest BCUT2D eigenvalue weighted by Crippen LogP contribution is 2.20. The minimum Gasteiger partial charge on any atom is -0.378 e. The van der Waals surface area contributed by atoms with E-state index in [0.29, 0.717) is 12.1 Å². The summed E-state index contributed by atoms with van der Waals surface area (Å²) in [6.45, 7) is 3.33. The second kappa shape index (κ2) is 5.59. The number of likely N-dealkylation sites (tertiary alicyclic amines) is 1. The molecule has 1 aromatic heterocycles. The van der Waals surface area contributed by atoms with E-state index in [1.807, 2.05) is 42.7 Å². The van der Waals surface area contributed by atoms with Crippen molar-refractivity contribution in [3.05, 3.63) is 42.7 Å². The van der Waals surface area contributed by atoms with Crippen molar-refractivity contribution in [3.63, 3.8) is 0 Å². The van der Waals surface area contributed by atoms with Gasteiger partial charge in [-0.1, -0.05) is 30.3 Å². The first-order valence-electron chi connectivity index (χ1n) is 7.06. The maximum atomic E-state index is 4.44. The third kappa shape index (κ3) is 2.80. The van der Waals surface area contributed by atoms with Crippen LogP contribution in [0.2, 0.25) is 0 Å². The topological polar surface area (TPSA) is 41.1 Å². The van der Waals surface area contributed by atoms with Crippen LogP contribution in [0.25, 0.3) is 11.4 Å². The molecule has 2 heterocycles. The van der Waals surface area contributed by atoms with Crippen LogP contribution in [-0.2, 0) is 0 Å². The highest BCUT2D eigenvalue weighted by Gasteiger charge is 2.25. The van der Waals surface area contributed by atoms with Crippen LogP contribution in [0, 0.1) is 0 Å². The monoisotopic (exact) mass is 268 g/mol. The number of aromatic nitrogens is 2. The number of nitrogens with one attached hydrogen (secondary N) is 1. The van der Waals surface area contributed by atoms with Crippen molar-refractivity contribution in [2.24, 2.45) is 0 Å². The van der Waals surface area contributed by atoms with Crippen molar-refractivity contribution in [3.8, 4) is 11.4 Å². The van der Waals surface area contributed by atoms with Gasteiger partial charge in [-0.2, -0.15) is 0 Å². The van der Waals surface area contributed by atoms with E-state index in [1.54, 1.807) is 0 Å². The molecule has 0 amide bonds. The molecule has 0 radical (unpaired) electrons. The number of nitrogens with zero attached hydrogens (tertiary/aromatic N) is 3. The fourth-order valence-electron chi connectivity index (χ4n) is 2.67. The van der Waals surface area contributed by atoms with Crippen LogP contribution in [0.3, 0.4) is 0 Å². The molecular formula is C16H20N4. The summed E-state index contributed by atoms with van der Waals surface area (Å²) in [5, 5.41) is 3.51. The second-order valence-electron chi connectivity index (χ2n) is 5.53. The largest absolute Gasteiger partial charge is 0.378 e. The van der Waals surface area contributed by atoms with Gasteiger partial charge in [0.25, 0.3) is 0 Å². The maximum Gasteiger partial charge on any atom is 0.159 e. The molecular weight excluding hydrogens is 248 g/mol. The number of benzene rings is 1. The Labute approximate surface area is 119 Å². The van der Waals surface area contributed by atoms with Gasteiger partial charge in [-0.15, -0.1) is 0 Å². The SMILES string of the molecule is CC1CC(Nc2cnc(-c3ccccc3)nc2)CN1C. The lowest BCUT2D eigenvalue weighted by Gasteiger charge is -2.14. The van der Waals surface area contributed by atoms with Gasteiger partial charge in [0.2, 0.25) is 0 Å². The molecule has 2 unspecified atom stereocenters. The van der Waals surface area contributed by atoms with Gasteiger partial charge in [-0.25, -0.2) is 9.97 Å². The summed E-state index contributed by atoms with van der Waals surface area (Å²) >= 11 is 0. The minimum absolute atomic E-state index is 0.487. The Morgan fingerprint density at radius 2 is 1.85 bits per heavy atom. The molecule has 1 saturated heterocycles. The molecule has 0 spiro atoms. The summed E-state index contributed by atoms with van der Waals surface area (Å²) < 4.78 is 0. The van der Waals surface area contributed by atoms with Gasteiger partial charge in [-0.3, -0.25) is 0 Å². The number of anilines is 1. The van der Waals surface area contributed by atoms with E-state index in [-0.39, 0.29) is 0 Å². The lowest BCUT2D eigenvalue weighted by Crippen LogP contribution is -2.24. The van der Waals surface area contributed by atoms with Crippen molar-refractivity contribution in [1.82, 2.24) is 14.9 Å². The molecule has 0 aliphatic carbocycles. The van der Waals surface area contributed by atoms with Gasteiger partial charge >= 0.3 is 0 Å². The molecule has 4 heteroatoms. The van der Waals surface area contributed by atoms with Crippen molar-refractivity contribution in [2.75, 3.05) is 18.9 Å². The molecule has 104 valence electrons. The molecule has 1 aliphatic rings. The lowest BCUT2D eigenvalue weighted by molar-refractivity contribution is 0.330. The summed E-state index contributed by atoms with van der Waals surface area (Å²) in [4.78, 5) is 11.3. The predicted octanol–water partition coefficient (Wildman–Crippen LogP) is 2.65. The maximum absolute atomic E-state index is 4.44. The molecule has 0 saturated carbocycles. The summed E-state index contributed by atoms with van der Waals surface area (Å²) in [7, 11) is 2.17. The zero-order chi connectivity index (χ0) is 13.9. The number of hydrogen-bond acceptors (Lipinski definition) is 4. The van der Waals surface area contributed by atoms with E-state index in [9.17, 15) is 0 Å². The van der Waals surface area contributed by atoms with Gasteiger partial charge in [0.1, 0.15) is 0 Å². The Morgan fingerprint density at radius 1 is 1.15 bits per heavy atom. The van der Waals surface area contributed by atoms with Crippen LogP contribution >= 0.6 is 0 Å². The van der Waals surface area contributed by atoms with Crippen LogP contribution in [0.5, 0.6) is 0 Å². The molecule has 2 atom stereocenters. The fraction of sp³-hybridized carbons (Fsp3) is 0.375. The number of hydrogen-bond donors (Lipinski definition) is 1. The highest BCUT2D eigenvalue weighted by atomic mass is 15.2. The van der Waals surface area contributed by atoms with Gasteiger partial charge in [0.05, 0.1) is 18.1 Å². The number of likely N-dealkylation sites (N-methyl/N-ethyl adjacent to an activating group) is 1. The quantitative estimate of drug-likeness (QED) is 0.929. The molecule has 0 bridgehead atoms. The third-order valence-corrected chi connectivity index (χ3v) is 3.94. The molecule has 3 rings (SSSR count). The first kappa shape index (κ1) is 13.1. The molecule has 2 aromatic rings. The summed E-state index contributed by atoms with van der Waals surface area (Å²) in [6, 6.07) is 11.2. The average Bonchev–Trinajstić information content (AvgIpc) is 2.79. The van der Waals surface area contributed by atoms with E-state index in [1.165, 1.54) is 0 Å². The van der Waals surface area contributed by atoms with E-state index >= 15 is 0 Å². The average molecular weight is 268 g/mol. The van der Waals surface area contributed by atoms with Crippen molar-refractivity contribution in [2.45, 2.75) is 25.4 Å². The van der Waals surface area contributed by atoms with Crippen LogP contribution in [0.4, 0.5) is 5.69 Å². The Morgan fingerprint density at radius 3 is 2.45 bits per heavy atom. The van der Waals surface area contributed by atoms with Crippen molar-refractivity contribution >= 4 is 5.69 Å². The molecule has 1 N–H and O–H groups in total. The van der Waals surface area contributed by atoms with E-state index in [4.69, 9.17) is 0 Å². The zero-order valence-corrected chi connectivity index (χ0v) is 12.0. The Balaban J connectivity index is 1.68. The predicted molar refractivity (Wildman–Crippen MR) is 81.6 cm³/mol. The summed E-state index contributed by atoms with van der Waals surface area (Å²) in [5.74, 6) is 0.771. The lowest BCUT2D eigenvalue weighted by atomic mass is 10.2. The van der Waals surface area contributed by atoms with Crippen molar-refractivity contribution < 1.29 is 0 Å². The summed E-state index contributed by atoms with van der Waals surface area (Å²) in [5.41, 5.74) is 2.05. The number of rotatable bonds is 3. The van der Waals surface area contributed by atoms with Crippen molar-refractivity contribution in [1.29, 1.82) is 0 Å². The van der Waals surface area contributed by atoms with Crippen LogP contribution < -0.4 is 5.32 Å². The van der Waals surface area contributed by atoms with Gasteiger partial charge in [-0.05, 0) is 20.4 Å². The minimum atomic E-state index is 0.487. The van der Waals surface area contributed by atoms with Gasteiger partial charge in [0, 0.05) is 24.2 Å². The van der Waals surface area contributed by atoms with E-state index in [2.05, 4.69) is 34.2 Å². The zero-order valence-electron chi connectivity index (χ0n) is 12.0. The van der Waals surface area contributed by atoms with Gasteiger partial charge in [0.15, 0.2) is 5.82 Å². The first-order chi connectivity index (χ1) is 9.72. The molecule has 1 aromatic carbocycles. The Hall–Kier alpha value is -1.94. The van der Waals surface area contributed by atoms with Gasteiger partial charge < -0.3 is 10.2 Å². The van der Waals surface area contributed by atoms with E-state index in [0.717, 1.165) is 30.0 Å².